The number of carbonyl (C=O) groups excluding carboxylic acids is 1. The first kappa shape index (κ1) is 12.7. The van der Waals surface area contributed by atoms with Gasteiger partial charge in [-0.3, -0.25) is 4.79 Å². The summed E-state index contributed by atoms with van der Waals surface area (Å²) >= 11 is 1.33. The van der Waals surface area contributed by atoms with Crippen LogP contribution in [0.2, 0.25) is 0 Å². The molecule has 3 N–H and O–H groups in total. The molecule has 1 amide bonds. The predicted molar refractivity (Wildman–Crippen MR) is 59.6 cm³/mol. The van der Waals surface area contributed by atoms with Crippen LogP contribution in [-0.2, 0) is 4.79 Å². The van der Waals surface area contributed by atoms with Gasteiger partial charge >= 0.3 is 5.97 Å². The normalized spacial score (nSPS) is 12.1. The smallest absolute Gasteiger partial charge is 0.332 e. The van der Waals surface area contributed by atoms with E-state index in [-0.39, 0.29) is 18.9 Å². The summed E-state index contributed by atoms with van der Waals surface area (Å²) in [5.74, 6) is -1.51. The lowest BCUT2D eigenvalue weighted by Gasteiger charge is -2.06. The Balaban J connectivity index is 2.37. The zero-order valence-corrected chi connectivity index (χ0v) is 9.58. The first-order valence-electron chi connectivity index (χ1n) is 4.75. The fourth-order valence-electron chi connectivity index (χ4n) is 1.13. The number of carbonyl (C=O) groups is 2. The molecule has 0 saturated carbocycles. The van der Waals surface area contributed by atoms with Gasteiger partial charge in [0.15, 0.2) is 6.10 Å². The number of amides is 1. The third-order valence-corrected chi connectivity index (χ3v) is 3.07. The molecule has 1 rings (SSSR count). The van der Waals surface area contributed by atoms with Gasteiger partial charge in [-0.15, -0.1) is 11.3 Å². The van der Waals surface area contributed by atoms with Gasteiger partial charge in [0, 0.05) is 13.0 Å². The third-order valence-electron chi connectivity index (χ3n) is 2.06. The number of aryl methyl sites for hydroxylation is 1. The molecule has 0 bridgehead atoms. The average molecular weight is 243 g/mol. The molecule has 16 heavy (non-hydrogen) atoms. The minimum Gasteiger partial charge on any atom is -0.479 e. The Bertz CT molecular complexity index is 388. The van der Waals surface area contributed by atoms with Gasteiger partial charge in [-0.1, -0.05) is 0 Å². The van der Waals surface area contributed by atoms with Crippen molar-refractivity contribution in [2.45, 2.75) is 19.4 Å². The second kappa shape index (κ2) is 5.62. The number of carboxylic acid groups (broad SMARTS) is 1. The van der Waals surface area contributed by atoms with Crippen LogP contribution in [0.1, 0.15) is 21.7 Å². The van der Waals surface area contributed by atoms with Crippen molar-refractivity contribution in [3.63, 3.8) is 0 Å². The van der Waals surface area contributed by atoms with Gasteiger partial charge in [-0.25, -0.2) is 4.79 Å². The summed E-state index contributed by atoms with van der Waals surface area (Å²) in [6, 6.07) is 1.84. The van der Waals surface area contributed by atoms with Crippen LogP contribution in [0.3, 0.4) is 0 Å². The van der Waals surface area contributed by atoms with Crippen LogP contribution in [0.5, 0.6) is 0 Å². The SMILES string of the molecule is Cc1ccsc1C(=O)NCC[C@H](O)C(=O)O. The highest BCUT2D eigenvalue weighted by Crippen LogP contribution is 2.14. The van der Waals surface area contributed by atoms with Crippen LogP contribution in [-0.4, -0.2) is 34.7 Å². The molecule has 5 nitrogen and oxygen atoms in total. The molecule has 1 atom stereocenters. The standard InChI is InChI=1S/C10H13NO4S/c1-6-3-5-16-8(6)9(13)11-4-2-7(12)10(14)15/h3,5,7,12H,2,4H2,1H3,(H,11,13)(H,14,15)/t7-/m0/s1. The van der Waals surface area contributed by atoms with Crippen molar-refractivity contribution in [1.82, 2.24) is 5.32 Å². The van der Waals surface area contributed by atoms with Crippen LogP contribution in [0.15, 0.2) is 11.4 Å². The topological polar surface area (TPSA) is 86.6 Å². The second-order valence-corrected chi connectivity index (χ2v) is 4.25. The van der Waals surface area contributed by atoms with E-state index in [1.54, 1.807) is 0 Å². The lowest BCUT2D eigenvalue weighted by atomic mass is 10.2. The van der Waals surface area contributed by atoms with E-state index in [1.807, 2.05) is 18.4 Å². The van der Waals surface area contributed by atoms with E-state index in [1.165, 1.54) is 11.3 Å². The monoisotopic (exact) mass is 243 g/mol. The quantitative estimate of drug-likeness (QED) is 0.707. The Morgan fingerprint density at radius 3 is 2.75 bits per heavy atom. The maximum Gasteiger partial charge on any atom is 0.332 e. The van der Waals surface area contributed by atoms with E-state index in [2.05, 4.69) is 5.32 Å². The molecule has 0 radical (unpaired) electrons. The number of nitrogens with one attached hydrogen (secondary N) is 1. The molecule has 0 aliphatic rings. The van der Waals surface area contributed by atoms with Crippen LogP contribution in [0.25, 0.3) is 0 Å². The molecule has 0 aliphatic heterocycles. The van der Waals surface area contributed by atoms with Gasteiger partial charge in [0.1, 0.15) is 0 Å². The fraction of sp³-hybridized carbons (Fsp3) is 0.400. The number of hydrogen-bond acceptors (Lipinski definition) is 4. The molecular weight excluding hydrogens is 230 g/mol. The lowest BCUT2D eigenvalue weighted by Crippen LogP contribution is -2.29. The van der Waals surface area contributed by atoms with Crippen LogP contribution in [0, 0.1) is 6.92 Å². The van der Waals surface area contributed by atoms with Gasteiger partial charge < -0.3 is 15.5 Å². The Kier molecular flexibility index (Phi) is 4.45. The Morgan fingerprint density at radius 2 is 2.25 bits per heavy atom. The molecule has 6 heteroatoms. The van der Waals surface area contributed by atoms with Gasteiger partial charge in [-0.2, -0.15) is 0 Å². The number of carboxylic acids is 1. The number of aliphatic carboxylic acids is 1. The Morgan fingerprint density at radius 1 is 1.56 bits per heavy atom. The van der Waals surface area contributed by atoms with Gasteiger partial charge in [-0.05, 0) is 23.9 Å². The average Bonchev–Trinajstić information content (AvgIpc) is 2.64. The molecule has 0 fully saturated rings. The Hall–Kier alpha value is -1.40. The van der Waals surface area contributed by atoms with Crippen LogP contribution < -0.4 is 5.32 Å². The number of thiophene rings is 1. The lowest BCUT2D eigenvalue weighted by molar-refractivity contribution is -0.146. The van der Waals surface area contributed by atoms with E-state index >= 15 is 0 Å². The van der Waals surface area contributed by atoms with Crippen LogP contribution >= 0.6 is 11.3 Å². The highest BCUT2D eigenvalue weighted by atomic mass is 32.1. The predicted octanol–water partition coefficient (Wildman–Crippen LogP) is 0.622. The summed E-state index contributed by atoms with van der Waals surface area (Å²) in [5.41, 5.74) is 0.890. The molecular formula is C10H13NO4S. The third kappa shape index (κ3) is 3.32. The van der Waals surface area contributed by atoms with E-state index < -0.39 is 12.1 Å². The van der Waals surface area contributed by atoms with Crippen molar-refractivity contribution in [2.24, 2.45) is 0 Å². The molecule has 0 aromatic carbocycles. The maximum atomic E-state index is 11.5. The highest BCUT2D eigenvalue weighted by molar-refractivity contribution is 7.12. The maximum absolute atomic E-state index is 11.5. The molecule has 0 unspecified atom stereocenters. The molecule has 0 saturated heterocycles. The molecule has 0 aliphatic carbocycles. The molecule has 1 aromatic heterocycles. The minimum atomic E-state index is -1.43. The first-order chi connectivity index (χ1) is 7.52. The van der Waals surface area contributed by atoms with Gasteiger partial charge in [0.05, 0.1) is 4.88 Å². The summed E-state index contributed by atoms with van der Waals surface area (Å²) in [6.07, 6.45) is -1.42. The number of hydrogen-bond donors (Lipinski definition) is 3. The van der Waals surface area contributed by atoms with Crippen molar-refractivity contribution in [1.29, 1.82) is 0 Å². The summed E-state index contributed by atoms with van der Waals surface area (Å²) in [4.78, 5) is 22.5. The molecule has 1 aromatic rings. The Labute approximate surface area is 96.7 Å². The van der Waals surface area contributed by atoms with Crippen molar-refractivity contribution in [3.8, 4) is 0 Å². The number of aliphatic hydroxyl groups excluding tert-OH is 1. The number of rotatable bonds is 5. The van der Waals surface area contributed by atoms with Crippen molar-refractivity contribution in [2.75, 3.05) is 6.54 Å². The second-order valence-electron chi connectivity index (χ2n) is 3.33. The van der Waals surface area contributed by atoms with Crippen LogP contribution in [0.4, 0.5) is 0 Å². The van der Waals surface area contributed by atoms with Crippen molar-refractivity contribution >= 4 is 23.2 Å². The summed E-state index contributed by atoms with van der Waals surface area (Å²) in [5, 5.41) is 21.8. The van der Waals surface area contributed by atoms with E-state index in [0.717, 1.165) is 5.56 Å². The largest absolute Gasteiger partial charge is 0.479 e. The number of aliphatic hydroxyl groups is 1. The van der Waals surface area contributed by atoms with E-state index in [4.69, 9.17) is 10.2 Å². The summed E-state index contributed by atoms with van der Waals surface area (Å²) in [7, 11) is 0. The highest BCUT2D eigenvalue weighted by Gasteiger charge is 2.14. The summed E-state index contributed by atoms with van der Waals surface area (Å²) in [6.45, 7) is 1.97. The van der Waals surface area contributed by atoms with E-state index in [0.29, 0.717) is 4.88 Å². The zero-order chi connectivity index (χ0) is 12.1. The molecule has 88 valence electrons. The molecule has 1 heterocycles. The van der Waals surface area contributed by atoms with Crippen molar-refractivity contribution in [3.05, 3.63) is 21.9 Å². The minimum absolute atomic E-state index is 0.00545. The first-order valence-corrected chi connectivity index (χ1v) is 5.63. The van der Waals surface area contributed by atoms with Crippen molar-refractivity contribution < 1.29 is 19.8 Å². The van der Waals surface area contributed by atoms with Gasteiger partial charge in [0.2, 0.25) is 0 Å². The fourth-order valence-corrected chi connectivity index (χ4v) is 1.97. The van der Waals surface area contributed by atoms with Gasteiger partial charge in [0.25, 0.3) is 5.91 Å². The summed E-state index contributed by atoms with van der Waals surface area (Å²) < 4.78 is 0. The van der Waals surface area contributed by atoms with E-state index in [9.17, 15) is 9.59 Å². The molecule has 0 spiro atoms. The zero-order valence-electron chi connectivity index (χ0n) is 8.77.